The molecule has 0 atom stereocenters. The van der Waals surface area contributed by atoms with Crippen LogP contribution in [0.4, 0.5) is 0 Å². The van der Waals surface area contributed by atoms with E-state index >= 15 is 0 Å². The van der Waals surface area contributed by atoms with Crippen molar-refractivity contribution >= 4 is 58.5 Å². The summed E-state index contributed by atoms with van der Waals surface area (Å²) in [5, 5.41) is 14.7. The molecule has 5 aromatic rings. The number of para-hydroxylation sites is 1. The molecule has 0 bridgehead atoms. The number of nitrogens with zero attached hydrogens (tertiary/aromatic N) is 1. The van der Waals surface area contributed by atoms with Gasteiger partial charge in [-0.3, -0.25) is 0 Å². The van der Waals surface area contributed by atoms with Gasteiger partial charge in [-0.2, -0.15) is 0 Å². The summed E-state index contributed by atoms with van der Waals surface area (Å²) in [6.45, 7) is 3.68. The third-order valence-electron chi connectivity index (χ3n) is 5.05. The van der Waals surface area contributed by atoms with Crippen LogP contribution >= 0.6 is 27.3 Å². The van der Waals surface area contributed by atoms with Crippen molar-refractivity contribution < 1.29 is 5.11 Å². The fourth-order valence-electron chi connectivity index (χ4n) is 3.87. The summed E-state index contributed by atoms with van der Waals surface area (Å²) in [5.74, 6) is 0. The molecule has 0 unspecified atom stereocenters. The molecule has 0 saturated heterocycles. The highest BCUT2D eigenvalue weighted by molar-refractivity contribution is 9.10. The molecule has 0 spiro atoms. The molecule has 0 radical (unpaired) electrons. The van der Waals surface area contributed by atoms with Crippen LogP contribution in [0.2, 0.25) is 0 Å². The van der Waals surface area contributed by atoms with Gasteiger partial charge in [-0.25, -0.2) is 0 Å². The normalized spacial score (nSPS) is 12.4. The molecule has 0 aliphatic carbocycles. The maximum atomic E-state index is 10.8. The van der Waals surface area contributed by atoms with Crippen LogP contribution in [-0.2, 0) is 5.60 Å². The first-order chi connectivity index (χ1) is 12.9. The average molecular weight is 436 g/mol. The van der Waals surface area contributed by atoms with E-state index in [0.29, 0.717) is 0 Å². The highest BCUT2D eigenvalue weighted by Gasteiger charge is 2.24. The quantitative estimate of drug-likeness (QED) is 0.317. The monoisotopic (exact) mass is 435 g/mol. The predicted octanol–water partition coefficient (Wildman–Crippen LogP) is 6.99. The molecule has 0 saturated carbocycles. The smallest absolute Gasteiger partial charge is 0.109 e. The Labute approximate surface area is 169 Å². The molecule has 5 rings (SSSR count). The Balaban J connectivity index is 2.00. The third-order valence-corrected chi connectivity index (χ3v) is 6.70. The van der Waals surface area contributed by atoms with Crippen molar-refractivity contribution in [3.63, 3.8) is 0 Å². The molecule has 3 aromatic carbocycles. The van der Waals surface area contributed by atoms with Gasteiger partial charge in [-0.05, 0) is 44.2 Å². The van der Waals surface area contributed by atoms with E-state index in [1.807, 2.05) is 26.0 Å². The largest absolute Gasteiger partial charge is 0.386 e. The molecule has 0 aliphatic rings. The van der Waals surface area contributed by atoms with Crippen molar-refractivity contribution in [1.29, 1.82) is 0 Å². The van der Waals surface area contributed by atoms with Crippen molar-refractivity contribution in [3.8, 4) is 5.69 Å². The van der Waals surface area contributed by atoms with Gasteiger partial charge in [0.25, 0.3) is 0 Å². The maximum Gasteiger partial charge on any atom is 0.109 e. The topological polar surface area (TPSA) is 25.2 Å². The van der Waals surface area contributed by atoms with Crippen molar-refractivity contribution in [3.05, 3.63) is 76.8 Å². The second kappa shape index (κ2) is 5.93. The van der Waals surface area contributed by atoms with Gasteiger partial charge in [0.15, 0.2) is 0 Å². The summed E-state index contributed by atoms with van der Waals surface area (Å²) in [6.07, 6.45) is 0. The number of benzene rings is 3. The van der Waals surface area contributed by atoms with Gasteiger partial charge in [0, 0.05) is 30.9 Å². The third kappa shape index (κ3) is 2.55. The zero-order chi connectivity index (χ0) is 18.8. The molecule has 2 nitrogen and oxygen atoms in total. The number of hydrogen-bond acceptors (Lipinski definition) is 2. The fourth-order valence-corrected chi connectivity index (χ4v) is 5.48. The van der Waals surface area contributed by atoms with E-state index in [9.17, 15) is 5.11 Å². The Morgan fingerprint density at radius 1 is 0.926 bits per heavy atom. The van der Waals surface area contributed by atoms with E-state index in [4.69, 9.17) is 0 Å². The number of aliphatic hydroxyl groups is 1. The first kappa shape index (κ1) is 17.0. The van der Waals surface area contributed by atoms with Gasteiger partial charge < -0.3 is 9.67 Å². The summed E-state index contributed by atoms with van der Waals surface area (Å²) in [4.78, 5) is 1.21. The fraction of sp³-hybridized carbons (Fsp3) is 0.130. The number of halogens is 1. The lowest BCUT2D eigenvalue weighted by molar-refractivity contribution is 0.0785. The van der Waals surface area contributed by atoms with Crippen LogP contribution in [0.5, 0.6) is 0 Å². The van der Waals surface area contributed by atoms with Crippen LogP contribution < -0.4 is 0 Å². The van der Waals surface area contributed by atoms with E-state index in [0.717, 1.165) is 21.2 Å². The maximum absolute atomic E-state index is 10.8. The van der Waals surface area contributed by atoms with E-state index in [1.54, 1.807) is 11.3 Å². The minimum Gasteiger partial charge on any atom is -0.386 e. The van der Waals surface area contributed by atoms with Crippen LogP contribution in [0.1, 0.15) is 19.4 Å². The van der Waals surface area contributed by atoms with Crippen molar-refractivity contribution in [2.24, 2.45) is 0 Å². The molecule has 2 heterocycles. The molecule has 0 aliphatic heterocycles. The predicted molar refractivity (Wildman–Crippen MR) is 119 cm³/mol. The zero-order valence-corrected chi connectivity index (χ0v) is 17.4. The number of rotatable bonds is 2. The summed E-state index contributed by atoms with van der Waals surface area (Å²) >= 11 is 5.36. The molecule has 27 heavy (non-hydrogen) atoms. The number of fused-ring (bicyclic) bond motifs is 5. The lowest BCUT2D eigenvalue weighted by Crippen LogP contribution is -2.18. The van der Waals surface area contributed by atoms with Gasteiger partial charge in [0.2, 0.25) is 0 Å². The van der Waals surface area contributed by atoms with Crippen LogP contribution in [0.15, 0.2) is 71.2 Å². The van der Waals surface area contributed by atoms with Crippen LogP contribution in [0.25, 0.3) is 36.9 Å². The SMILES string of the molecule is CC(C)(O)c1cc(Br)ccc1-n1c2ccccc2c2c3ccccc3sc21. The highest BCUT2D eigenvalue weighted by atomic mass is 79.9. The average Bonchev–Trinajstić information content (AvgIpc) is 3.16. The Morgan fingerprint density at radius 2 is 1.63 bits per heavy atom. The minimum absolute atomic E-state index is 0.900. The van der Waals surface area contributed by atoms with Gasteiger partial charge in [-0.15, -0.1) is 11.3 Å². The summed E-state index contributed by atoms with van der Waals surface area (Å²) < 4.78 is 4.55. The number of aromatic nitrogens is 1. The van der Waals surface area contributed by atoms with Crippen LogP contribution in [0, 0.1) is 0 Å². The van der Waals surface area contributed by atoms with E-state index < -0.39 is 5.60 Å². The molecule has 134 valence electrons. The number of hydrogen-bond donors (Lipinski definition) is 1. The molecule has 1 N–H and O–H groups in total. The summed E-state index contributed by atoms with van der Waals surface area (Å²) in [6, 6.07) is 23.2. The molecule has 0 amide bonds. The van der Waals surface area contributed by atoms with Gasteiger partial charge >= 0.3 is 0 Å². The highest BCUT2D eigenvalue weighted by Crippen LogP contribution is 2.43. The summed E-state index contributed by atoms with van der Waals surface area (Å²) in [7, 11) is 0. The van der Waals surface area contributed by atoms with Crippen molar-refractivity contribution in [1.82, 2.24) is 4.57 Å². The minimum atomic E-state index is -0.951. The van der Waals surface area contributed by atoms with Gasteiger partial charge in [0.05, 0.1) is 16.8 Å². The van der Waals surface area contributed by atoms with E-state index in [1.165, 1.54) is 25.7 Å². The summed E-state index contributed by atoms with van der Waals surface area (Å²) in [5.41, 5.74) is 2.13. The second-order valence-electron chi connectivity index (χ2n) is 7.35. The van der Waals surface area contributed by atoms with Crippen LogP contribution in [-0.4, -0.2) is 9.67 Å². The van der Waals surface area contributed by atoms with E-state index in [2.05, 4.69) is 75.1 Å². The molecule has 0 fully saturated rings. The Hall–Kier alpha value is -2.14. The van der Waals surface area contributed by atoms with Gasteiger partial charge in [-0.1, -0.05) is 52.3 Å². The van der Waals surface area contributed by atoms with Crippen molar-refractivity contribution in [2.75, 3.05) is 0 Å². The molecule has 2 aromatic heterocycles. The second-order valence-corrected chi connectivity index (χ2v) is 9.30. The molecule has 4 heteroatoms. The Kier molecular flexibility index (Phi) is 3.73. The number of thiophene rings is 1. The van der Waals surface area contributed by atoms with Crippen molar-refractivity contribution in [2.45, 2.75) is 19.4 Å². The first-order valence-corrected chi connectivity index (χ1v) is 10.5. The molecular formula is C23H18BrNOS. The Bertz CT molecular complexity index is 1320. The van der Waals surface area contributed by atoms with Crippen LogP contribution in [0.3, 0.4) is 0 Å². The lowest BCUT2D eigenvalue weighted by Gasteiger charge is -2.23. The van der Waals surface area contributed by atoms with E-state index in [-0.39, 0.29) is 0 Å². The van der Waals surface area contributed by atoms with Gasteiger partial charge in [0.1, 0.15) is 4.83 Å². The standard InChI is InChI=1S/C23H18BrNOS/c1-23(2,26)17-13-14(24)11-12-19(17)25-18-9-5-3-7-15(18)21-16-8-4-6-10-20(16)27-22(21)25/h3-13,26H,1-2H3. The molecular weight excluding hydrogens is 418 g/mol. The lowest BCUT2D eigenvalue weighted by atomic mass is 9.96. The zero-order valence-electron chi connectivity index (χ0n) is 15.0. The first-order valence-electron chi connectivity index (χ1n) is 8.88. The Morgan fingerprint density at radius 3 is 2.41 bits per heavy atom.